The Bertz CT molecular complexity index is 716. The molecule has 2 aromatic rings. The summed E-state index contributed by atoms with van der Waals surface area (Å²) in [6, 6.07) is 8.66. The van der Waals surface area contributed by atoms with Crippen molar-refractivity contribution in [3.63, 3.8) is 0 Å². The van der Waals surface area contributed by atoms with Crippen LogP contribution in [0.3, 0.4) is 0 Å². The molecule has 0 spiro atoms. The van der Waals surface area contributed by atoms with Crippen LogP contribution in [0, 0.1) is 0 Å². The van der Waals surface area contributed by atoms with Crippen molar-refractivity contribution in [1.82, 2.24) is 10.3 Å². The second-order valence-corrected chi connectivity index (χ2v) is 5.00. The third-order valence-electron chi connectivity index (χ3n) is 3.35. The van der Waals surface area contributed by atoms with Crippen molar-refractivity contribution in [2.24, 2.45) is 0 Å². The lowest BCUT2D eigenvalue weighted by Crippen LogP contribution is -2.34. The first-order valence-electron chi connectivity index (χ1n) is 6.92. The minimum Gasteiger partial charge on any atom is -0.479 e. The van der Waals surface area contributed by atoms with Crippen LogP contribution in [-0.4, -0.2) is 22.9 Å². The number of nitrogens with one attached hydrogen (secondary N) is 2. The van der Waals surface area contributed by atoms with Gasteiger partial charge in [0.05, 0.1) is 5.69 Å². The zero-order valence-corrected chi connectivity index (χ0v) is 12.0. The minimum absolute atomic E-state index is 0.222. The van der Waals surface area contributed by atoms with Gasteiger partial charge in [0.2, 0.25) is 0 Å². The topological polar surface area (TPSA) is 80.3 Å². The van der Waals surface area contributed by atoms with Crippen molar-refractivity contribution in [2.75, 3.05) is 5.32 Å². The Kier molecular flexibility index (Phi) is 3.74. The van der Waals surface area contributed by atoms with Crippen LogP contribution in [0.2, 0.25) is 0 Å². The maximum atomic E-state index is 12.2. The van der Waals surface area contributed by atoms with Crippen molar-refractivity contribution in [1.29, 1.82) is 0 Å². The maximum Gasteiger partial charge on any atom is 0.265 e. The van der Waals surface area contributed by atoms with Crippen LogP contribution >= 0.6 is 0 Å². The molecule has 0 saturated heterocycles. The van der Waals surface area contributed by atoms with Gasteiger partial charge in [-0.1, -0.05) is 6.07 Å². The first-order chi connectivity index (χ1) is 10.6. The molecule has 0 saturated carbocycles. The molecule has 1 aromatic heterocycles. The number of amides is 2. The van der Waals surface area contributed by atoms with Crippen molar-refractivity contribution in [2.45, 2.75) is 19.6 Å². The Morgan fingerprint density at radius 1 is 1.41 bits per heavy atom. The molecule has 1 atom stereocenters. The van der Waals surface area contributed by atoms with Crippen LogP contribution < -0.4 is 15.4 Å². The number of nitrogens with zero attached hydrogens (tertiary/aromatic N) is 1. The summed E-state index contributed by atoms with van der Waals surface area (Å²) in [4.78, 5) is 27.8. The van der Waals surface area contributed by atoms with E-state index in [1.165, 1.54) is 0 Å². The molecule has 6 nitrogen and oxygen atoms in total. The fraction of sp³-hybridized carbons (Fsp3) is 0.188. The third-order valence-corrected chi connectivity index (χ3v) is 3.35. The van der Waals surface area contributed by atoms with Crippen LogP contribution in [0.15, 0.2) is 42.7 Å². The molecule has 112 valence electrons. The normalized spacial score (nSPS) is 16.2. The second kappa shape index (κ2) is 5.85. The molecular weight excluding hydrogens is 282 g/mol. The minimum atomic E-state index is -0.530. The van der Waals surface area contributed by atoms with Crippen LogP contribution in [-0.2, 0) is 11.3 Å². The number of carbonyl (C=O) groups excluding carboxylic acids is 2. The molecule has 1 aliphatic heterocycles. The van der Waals surface area contributed by atoms with Crippen molar-refractivity contribution >= 4 is 17.5 Å². The number of ether oxygens (including phenoxy) is 1. The van der Waals surface area contributed by atoms with Gasteiger partial charge in [-0.2, -0.15) is 0 Å². The fourth-order valence-corrected chi connectivity index (χ4v) is 2.14. The standard InChI is InChI=1S/C16H15N3O3/c1-10-15(20)19-13-7-12(4-5-14(13)22-10)16(21)18-9-11-3-2-6-17-8-11/h2-8,10H,9H2,1H3,(H,18,21)(H,19,20). The zero-order valence-electron chi connectivity index (χ0n) is 12.0. The highest BCUT2D eigenvalue weighted by molar-refractivity contribution is 6.00. The SMILES string of the molecule is CC1Oc2ccc(C(=O)NCc3cccnc3)cc2NC1=O. The Morgan fingerprint density at radius 2 is 2.27 bits per heavy atom. The van der Waals surface area contributed by atoms with Crippen LogP contribution in [0.1, 0.15) is 22.8 Å². The average molecular weight is 297 g/mol. The van der Waals surface area contributed by atoms with Gasteiger partial charge >= 0.3 is 0 Å². The van der Waals surface area contributed by atoms with Gasteiger partial charge in [0, 0.05) is 24.5 Å². The quantitative estimate of drug-likeness (QED) is 0.904. The molecule has 0 aliphatic carbocycles. The van der Waals surface area contributed by atoms with E-state index in [1.807, 2.05) is 12.1 Å². The molecular formula is C16H15N3O3. The number of carbonyl (C=O) groups is 2. The number of fused-ring (bicyclic) bond motifs is 1. The van der Waals surface area contributed by atoms with E-state index in [0.29, 0.717) is 23.5 Å². The summed E-state index contributed by atoms with van der Waals surface area (Å²) in [6.45, 7) is 2.07. The highest BCUT2D eigenvalue weighted by Gasteiger charge is 2.24. The predicted molar refractivity (Wildman–Crippen MR) is 80.6 cm³/mol. The predicted octanol–water partition coefficient (Wildman–Crippen LogP) is 1.73. The summed E-state index contributed by atoms with van der Waals surface area (Å²) in [5.74, 6) is 0.121. The Hall–Kier alpha value is -2.89. The molecule has 2 heterocycles. The summed E-state index contributed by atoms with van der Waals surface area (Å²) in [5, 5.41) is 5.53. The third kappa shape index (κ3) is 2.90. The molecule has 0 fully saturated rings. The molecule has 22 heavy (non-hydrogen) atoms. The Morgan fingerprint density at radius 3 is 3.05 bits per heavy atom. The monoisotopic (exact) mass is 297 g/mol. The van der Waals surface area contributed by atoms with Gasteiger partial charge in [0.25, 0.3) is 11.8 Å². The van der Waals surface area contributed by atoms with Gasteiger partial charge in [0.1, 0.15) is 5.75 Å². The summed E-state index contributed by atoms with van der Waals surface area (Å²) < 4.78 is 5.46. The lowest BCUT2D eigenvalue weighted by atomic mass is 10.1. The number of anilines is 1. The number of rotatable bonds is 3. The van der Waals surface area contributed by atoms with Gasteiger partial charge < -0.3 is 15.4 Å². The second-order valence-electron chi connectivity index (χ2n) is 5.00. The summed E-state index contributed by atoms with van der Waals surface area (Å²) >= 11 is 0. The summed E-state index contributed by atoms with van der Waals surface area (Å²) in [6.07, 6.45) is 2.85. The van der Waals surface area contributed by atoms with E-state index in [4.69, 9.17) is 4.74 Å². The van der Waals surface area contributed by atoms with Gasteiger partial charge in [-0.05, 0) is 36.8 Å². The Labute approximate surface area is 127 Å². The van der Waals surface area contributed by atoms with Crippen molar-refractivity contribution in [3.8, 4) is 5.75 Å². The molecule has 1 aliphatic rings. The lowest BCUT2D eigenvalue weighted by Gasteiger charge is -2.23. The van der Waals surface area contributed by atoms with E-state index >= 15 is 0 Å². The van der Waals surface area contributed by atoms with Gasteiger partial charge in [-0.25, -0.2) is 0 Å². The average Bonchev–Trinajstić information content (AvgIpc) is 2.54. The molecule has 0 bridgehead atoms. The van der Waals surface area contributed by atoms with Gasteiger partial charge in [0.15, 0.2) is 6.10 Å². The molecule has 2 N–H and O–H groups in total. The number of benzene rings is 1. The van der Waals surface area contributed by atoms with Crippen molar-refractivity contribution in [3.05, 3.63) is 53.9 Å². The first kappa shape index (κ1) is 14.1. The molecule has 3 rings (SSSR count). The zero-order chi connectivity index (χ0) is 15.5. The van der Waals surface area contributed by atoms with E-state index in [-0.39, 0.29) is 11.8 Å². The molecule has 6 heteroatoms. The van der Waals surface area contributed by atoms with Crippen LogP contribution in [0.5, 0.6) is 5.75 Å². The molecule has 1 aromatic carbocycles. The molecule has 2 amide bonds. The van der Waals surface area contributed by atoms with Gasteiger partial charge in [-0.3, -0.25) is 14.6 Å². The number of hydrogen-bond donors (Lipinski definition) is 2. The van der Waals surface area contributed by atoms with Crippen LogP contribution in [0.25, 0.3) is 0 Å². The van der Waals surface area contributed by atoms with E-state index < -0.39 is 6.10 Å². The van der Waals surface area contributed by atoms with E-state index in [2.05, 4.69) is 15.6 Å². The van der Waals surface area contributed by atoms with E-state index in [1.54, 1.807) is 37.5 Å². The smallest absolute Gasteiger partial charge is 0.265 e. The highest BCUT2D eigenvalue weighted by atomic mass is 16.5. The first-order valence-corrected chi connectivity index (χ1v) is 6.92. The van der Waals surface area contributed by atoms with E-state index in [9.17, 15) is 9.59 Å². The van der Waals surface area contributed by atoms with Crippen LogP contribution in [0.4, 0.5) is 5.69 Å². The fourth-order valence-electron chi connectivity index (χ4n) is 2.14. The largest absolute Gasteiger partial charge is 0.479 e. The Balaban J connectivity index is 1.71. The van der Waals surface area contributed by atoms with Gasteiger partial charge in [-0.15, -0.1) is 0 Å². The molecule has 0 radical (unpaired) electrons. The number of pyridine rings is 1. The number of hydrogen-bond acceptors (Lipinski definition) is 4. The highest BCUT2D eigenvalue weighted by Crippen LogP contribution is 2.30. The lowest BCUT2D eigenvalue weighted by molar-refractivity contribution is -0.122. The number of aromatic nitrogens is 1. The molecule has 1 unspecified atom stereocenters. The van der Waals surface area contributed by atoms with Crippen molar-refractivity contribution < 1.29 is 14.3 Å². The summed E-state index contributed by atoms with van der Waals surface area (Å²) in [5.41, 5.74) is 1.89. The summed E-state index contributed by atoms with van der Waals surface area (Å²) in [7, 11) is 0. The van der Waals surface area contributed by atoms with E-state index in [0.717, 1.165) is 5.56 Å². The maximum absolute atomic E-state index is 12.2.